The van der Waals surface area contributed by atoms with Crippen molar-refractivity contribution in [2.75, 3.05) is 26.2 Å². The maximum Gasteiger partial charge on any atom is 0.407 e. The number of hydrogen-bond donors (Lipinski definition) is 4. The lowest BCUT2D eigenvalue weighted by Gasteiger charge is -2.23. The molecule has 0 aliphatic heterocycles. The molecule has 24 heavy (non-hydrogen) atoms. The molecular weight excluding hydrogens is 423 g/mol. The van der Waals surface area contributed by atoms with Gasteiger partial charge < -0.3 is 25.8 Å². The van der Waals surface area contributed by atoms with E-state index in [1.165, 1.54) is 0 Å². The molecule has 0 unspecified atom stereocenters. The van der Waals surface area contributed by atoms with Crippen molar-refractivity contribution in [2.45, 2.75) is 65.6 Å². The third-order valence-corrected chi connectivity index (χ3v) is 3.28. The van der Waals surface area contributed by atoms with Crippen LogP contribution in [-0.2, 0) is 4.74 Å². The zero-order chi connectivity index (χ0) is 17.9. The van der Waals surface area contributed by atoms with Crippen molar-refractivity contribution < 1.29 is 14.6 Å². The summed E-state index contributed by atoms with van der Waals surface area (Å²) in [6.45, 7) is 13.3. The van der Waals surface area contributed by atoms with Gasteiger partial charge in [0.15, 0.2) is 5.96 Å². The van der Waals surface area contributed by atoms with Crippen molar-refractivity contribution in [2.24, 2.45) is 4.99 Å². The van der Waals surface area contributed by atoms with Gasteiger partial charge in [0.1, 0.15) is 5.60 Å². The Balaban J connectivity index is 0. The third-order valence-electron chi connectivity index (χ3n) is 3.28. The van der Waals surface area contributed by atoms with Crippen LogP contribution in [-0.4, -0.2) is 54.5 Å². The van der Waals surface area contributed by atoms with E-state index < -0.39 is 17.3 Å². The van der Waals surface area contributed by atoms with Gasteiger partial charge in [-0.25, -0.2) is 4.79 Å². The van der Waals surface area contributed by atoms with Gasteiger partial charge in [0, 0.05) is 19.6 Å². The minimum Gasteiger partial charge on any atom is -0.444 e. The Kier molecular flexibility index (Phi) is 13.3. The fourth-order valence-electron chi connectivity index (χ4n) is 1.70. The lowest BCUT2D eigenvalue weighted by molar-refractivity contribution is 0.0418. The molecule has 1 amide bonds. The Morgan fingerprint density at radius 1 is 1.04 bits per heavy atom. The topological polar surface area (TPSA) is 95.0 Å². The Morgan fingerprint density at radius 3 is 2.04 bits per heavy atom. The summed E-state index contributed by atoms with van der Waals surface area (Å²) in [6.07, 6.45) is 0.881. The number of rotatable bonds is 8. The van der Waals surface area contributed by atoms with Crippen molar-refractivity contribution >= 4 is 36.0 Å². The number of ether oxygens (including phenoxy) is 1. The van der Waals surface area contributed by atoms with Gasteiger partial charge in [-0.3, -0.25) is 4.99 Å². The molecule has 0 saturated heterocycles. The minimum absolute atomic E-state index is 0. The largest absolute Gasteiger partial charge is 0.444 e. The van der Waals surface area contributed by atoms with Gasteiger partial charge >= 0.3 is 6.09 Å². The van der Waals surface area contributed by atoms with Crippen LogP contribution < -0.4 is 16.0 Å². The second-order valence-electron chi connectivity index (χ2n) is 6.48. The Bertz CT molecular complexity index is 380. The number of hydrogen-bond acceptors (Lipinski definition) is 4. The molecule has 0 radical (unpaired) electrons. The van der Waals surface area contributed by atoms with E-state index in [2.05, 4.69) is 20.9 Å². The zero-order valence-electron chi connectivity index (χ0n) is 15.9. The quantitative estimate of drug-likeness (QED) is 0.194. The number of nitrogens with one attached hydrogen (secondary N) is 3. The van der Waals surface area contributed by atoms with Gasteiger partial charge in [0.05, 0.1) is 12.1 Å². The third kappa shape index (κ3) is 12.6. The summed E-state index contributed by atoms with van der Waals surface area (Å²) in [7, 11) is 0. The molecule has 0 aliphatic carbocycles. The SMILES string of the molecule is CCNC(=NCC(O)(CC)CC)NCCNC(=O)OC(C)(C)C.I. The van der Waals surface area contributed by atoms with Crippen LogP contribution in [0.1, 0.15) is 54.4 Å². The molecule has 0 atom stereocenters. The molecule has 0 fully saturated rings. The van der Waals surface area contributed by atoms with E-state index in [4.69, 9.17) is 4.74 Å². The molecule has 4 N–H and O–H groups in total. The number of guanidine groups is 1. The van der Waals surface area contributed by atoms with E-state index in [9.17, 15) is 9.90 Å². The van der Waals surface area contributed by atoms with Gasteiger partial charge in [-0.05, 0) is 40.5 Å². The number of carbonyl (C=O) groups excluding carboxylic acids is 1. The van der Waals surface area contributed by atoms with Crippen LogP contribution in [0.4, 0.5) is 4.79 Å². The first-order valence-electron chi connectivity index (χ1n) is 8.37. The molecule has 8 heteroatoms. The number of amides is 1. The Labute approximate surface area is 163 Å². The zero-order valence-corrected chi connectivity index (χ0v) is 18.2. The van der Waals surface area contributed by atoms with E-state index in [1.807, 2.05) is 41.5 Å². The molecule has 0 bridgehead atoms. The summed E-state index contributed by atoms with van der Waals surface area (Å²) in [5.41, 5.74) is -1.27. The number of carbonyl (C=O) groups is 1. The lowest BCUT2D eigenvalue weighted by Crippen LogP contribution is -2.43. The molecule has 0 aromatic heterocycles. The minimum atomic E-state index is -0.767. The second kappa shape index (κ2) is 12.6. The highest BCUT2D eigenvalue weighted by molar-refractivity contribution is 14.0. The molecule has 0 rings (SSSR count). The molecule has 144 valence electrons. The van der Waals surface area contributed by atoms with Crippen LogP contribution in [0.25, 0.3) is 0 Å². The first-order valence-corrected chi connectivity index (χ1v) is 8.37. The molecule has 0 aromatic carbocycles. The molecule has 0 aromatic rings. The normalized spacial score (nSPS) is 12.2. The first kappa shape index (κ1) is 25.5. The van der Waals surface area contributed by atoms with Gasteiger partial charge in [0.2, 0.25) is 0 Å². The lowest BCUT2D eigenvalue weighted by atomic mass is 9.98. The average Bonchev–Trinajstić information content (AvgIpc) is 2.46. The number of alkyl carbamates (subject to hydrolysis) is 1. The van der Waals surface area contributed by atoms with Crippen LogP contribution in [0.5, 0.6) is 0 Å². The highest BCUT2D eigenvalue weighted by Gasteiger charge is 2.21. The van der Waals surface area contributed by atoms with Crippen molar-refractivity contribution in [3.8, 4) is 0 Å². The van der Waals surface area contributed by atoms with E-state index in [0.29, 0.717) is 38.4 Å². The predicted octanol–water partition coefficient (Wildman–Crippen LogP) is 2.24. The van der Waals surface area contributed by atoms with Gasteiger partial charge in [-0.15, -0.1) is 24.0 Å². The fourth-order valence-corrected chi connectivity index (χ4v) is 1.70. The summed E-state index contributed by atoms with van der Waals surface area (Å²) in [6, 6.07) is 0. The van der Waals surface area contributed by atoms with E-state index in [-0.39, 0.29) is 24.0 Å². The summed E-state index contributed by atoms with van der Waals surface area (Å²) in [5, 5.41) is 19.2. The molecule has 0 spiro atoms. The van der Waals surface area contributed by atoms with Crippen molar-refractivity contribution in [3.63, 3.8) is 0 Å². The van der Waals surface area contributed by atoms with Crippen LogP contribution in [0, 0.1) is 0 Å². The van der Waals surface area contributed by atoms with Crippen molar-refractivity contribution in [3.05, 3.63) is 0 Å². The second-order valence-corrected chi connectivity index (χ2v) is 6.48. The number of aliphatic hydroxyl groups is 1. The fraction of sp³-hybridized carbons (Fsp3) is 0.875. The van der Waals surface area contributed by atoms with Crippen LogP contribution in [0.3, 0.4) is 0 Å². The average molecular weight is 458 g/mol. The Hall–Kier alpha value is -0.770. The molecule has 7 nitrogen and oxygen atoms in total. The maximum atomic E-state index is 11.5. The van der Waals surface area contributed by atoms with Crippen LogP contribution in [0.15, 0.2) is 4.99 Å². The molecule has 0 heterocycles. The summed E-state index contributed by atoms with van der Waals surface area (Å²) in [5.74, 6) is 0.624. The molecular formula is C16H35IN4O3. The highest BCUT2D eigenvalue weighted by Crippen LogP contribution is 2.14. The number of halogens is 1. The number of nitrogens with zero attached hydrogens (tertiary/aromatic N) is 1. The summed E-state index contributed by atoms with van der Waals surface area (Å²) >= 11 is 0. The smallest absolute Gasteiger partial charge is 0.407 e. The maximum absolute atomic E-state index is 11.5. The number of aliphatic imine (C=N–C) groups is 1. The highest BCUT2D eigenvalue weighted by atomic mass is 127. The van der Waals surface area contributed by atoms with Crippen molar-refractivity contribution in [1.82, 2.24) is 16.0 Å². The van der Waals surface area contributed by atoms with Crippen LogP contribution >= 0.6 is 24.0 Å². The van der Waals surface area contributed by atoms with Crippen LogP contribution in [0.2, 0.25) is 0 Å². The summed E-state index contributed by atoms with van der Waals surface area (Å²) in [4.78, 5) is 15.9. The molecule has 0 saturated carbocycles. The van der Waals surface area contributed by atoms with Gasteiger partial charge in [0.25, 0.3) is 0 Å². The standard InChI is InChI=1S/C16H34N4O3.HI/c1-7-16(22,8-2)12-20-13(17-9-3)18-10-11-19-14(21)23-15(4,5)6;/h22H,7-12H2,1-6H3,(H,19,21)(H2,17,18,20);1H. The summed E-state index contributed by atoms with van der Waals surface area (Å²) < 4.78 is 5.16. The van der Waals surface area contributed by atoms with E-state index in [0.717, 1.165) is 6.54 Å². The van der Waals surface area contributed by atoms with E-state index in [1.54, 1.807) is 0 Å². The molecule has 0 aliphatic rings. The van der Waals surface area contributed by atoms with Gasteiger partial charge in [-0.1, -0.05) is 13.8 Å². The Morgan fingerprint density at radius 2 is 1.58 bits per heavy atom. The van der Waals surface area contributed by atoms with Crippen molar-refractivity contribution in [1.29, 1.82) is 0 Å². The predicted molar refractivity (Wildman–Crippen MR) is 109 cm³/mol. The monoisotopic (exact) mass is 458 g/mol. The first-order chi connectivity index (χ1) is 10.7. The van der Waals surface area contributed by atoms with Gasteiger partial charge in [-0.2, -0.15) is 0 Å². The van der Waals surface area contributed by atoms with E-state index >= 15 is 0 Å².